The first-order valence-corrected chi connectivity index (χ1v) is 8.66. The second kappa shape index (κ2) is 6.74. The van der Waals surface area contributed by atoms with Crippen LogP contribution in [-0.4, -0.2) is 42.0 Å². The Balaban J connectivity index is 1.46. The molecule has 0 saturated carbocycles. The summed E-state index contributed by atoms with van der Waals surface area (Å²) < 4.78 is 43.2. The summed E-state index contributed by atoms with van der Waals surface area (Å²) in [5.74, 6) is -0.835. The van der Waals surface area contributed by atoms with Crippen LogP contribution in [0.4, 0.5) is 18.9 Å². The number of fused-ring (bicyclic) bond motifs is 1. The molecule has 2 heterocycles. The van der Waals surface area contributed by atoms with E-state index in [1.54, 1.807) is 11.0 Å². The van der Waals surface area contributed by atoms with Gasteiger partial charge in [-0.15, -0.1) is 0 Å². The van der Waals surface area contributed by atoms with Gasteiger partial charge in [0, 0.05) is 31.7 Å². The first-order chi connectivity index (χ1) is 13.3. The van der Waals surface area contributed by atoms with Gasteiger partial charge in [-0.05, 0) is 36.4 Å². The lowest BCUT2D eigenvalue weighted by molar-refractivity contribution is -0.137. The van der Waals surface area contributed by atoms with E-state index in [0.29, 0.717) is 37.3 Å². The van der Waals surface area contributed by atoms with Crippen LogP contribution in [0.15, 0.2) is 51.7 Å². The van der Waals surface area contributed by atoms with Crippen molar-refractivity contribution >= 4 is 22.7 Å². The summed E-state index contributed by atoms with van der Waals surface area (Å²) in [7, 11) is 0. The van der Waals surface area contributed by atoms with Crippen LogP contribution in [0.3, 0.4) is 0 Å². The highest BCUT2D eigenvalue weighted by Crippen LogP contribution is 2.29. The lowest BCUT2D eigenvalue weighted by atomic mass is 10.1. The van der Waals surface area contributed by atoms with Crippen molar-refractivity contribution in [2.24, 2.45) is 0 Å². The molecule has 1 aromatic heterocycles. The van der Waals surface area contributed by atoms with Crippen molar-refractivity contribution in [3.63, 3.8) is 0 Å². The number of piperazine rings is 1. The van der Waals surface area contributed by atoms with E-state index >= 15 is 0 Å². The smallest absolute Gasteiger partial charge is 0.406 e. The highest BCUT2D eigenvalue weighted by molar-refractivity contribution is 5.94. The number of aromatic amines is 1. The fourth-order valence-electron chi connectivity index (χ4n) is 3.34. The number of rotatable bonds is 2. The molecule has 9 heteroatoms. The van der Waals surface area contributed by atoms with Gasteiger partial charge in [0.15, 0.2) is 5.58 Å². The Morgan fingerprint density at radius 1 is 1.00 bits per heavy atom. The van der Waals surface area contributed by atoms with Crippen LogP contribution in [0, 0.1) is 0 Å². The number of hydrogen-bond donors (Lipinski definition) is 1. The third-order valence-electron chi connectivity index (χ3n) is 4.79. The maximum absolute atomic E-state index is 12.7. The molecule has 0 spiro atoms. The van der Waals surface area contributed by atoms with E-state index in [-0.39, 0.29) is 11.5 Å². The third-order valence-corrected chi connectivity index (χ3v) is 4.79. The number of H-pyrrole nitrogens is 1. The second-order valence-electron chi connectivity index (χ2n) is 6.52. The van der Waals surface area contributed by atoms with Crippen molar-refractivity contribution in [3.8, 4) is 0 Å². The average molecular weight is 391 g/mol. The zero-order valence-electron chi connectivity index (χ0n) is 14.6. The van der Waals surface area contributed by atoms with Crippen molar-refractivity contribution in [2.75, 3.05) is 31.1 Å². The Morgan fingerprint density at radius 3 is 2.32 bits per heavy atom. The number of benzene rings is 2. The molecule has 0 aliphatic carbocycles. The van der Waals surface area contributed by atoms with E-state index in [4.69, 9.17) is 4.42 Å². The van der Waals surface area contributed by atoms with Gasteiger partial charge in [-0.3, -0.25) is 9.78 Å². The number of anilines is 1. The van der Waals surface area contributed by atoms with Gasteiger partial charge in [-0.2, -0.15) is 13.2 Å². The maximum Gasteiger partial charge on any atom is 0.417 e. The molecule has 1 N–H and O–H groups in total. The number of hydrogen-bond acceptors (Lipinski definition) is 4. The van der Waals surface area contributed by atoms with Gasteiger partial charge in [0.05, 0.1) is 16.8 Å². The summed E-state index contributed by atoms with van der Waals surface area (Å²) in [6.45, 7) is 1.84. The fraction of sp³-hybridized carbons (Fsp3) is 0.263. The van der Waals surface area contributed by atoms with Crippen LogP contribution in [0.2, 0.25) is 0 Å². The van der Waals surface area contributed by atoms with Crippen LogP contribution in [0.5, 0.6) is 0 Å². The van der Waals surface area contributed by atoms with E-state index in [0.717, 1.165) is 17.8 Å². The molecule has 1 aliphatic heterocycles. The standard InChI is InChI=1S/C19H16F3N3O3/c20-19(21,22)13-6-4-12(5-7-13)17(26)25-10-8-24(9-11-25)15-3-1-2-14-16(15)28-18(27)23-14/h1-7H,8-11H2,(H,23,27). The monoisotopic (exact) mass is 391 g/mol. The first-order valence-electron chi connectivity index (χ1n) is 8.66. The van der Waals surface area contributed by atoms with Crippen molar-refractivity contribution in [1.82, 2.24) is 9.88 Å². The van der Waals surface area contributed by atoms with E-state index in [2.05, 4.69) is 4.98 Å². The van der Waals surface area contributed by atoms with E-state index < -0.39 is 17.5 Å². The highest BCUT2D eigenvalue weighted by atomic mass is 19.4. The lowest BCUT2D eigenvalue weighted by Crippen LogP contribution is -2.48. The van der Waals surface area contributed by atoms with Gasteiger partial charge < -0.3 is 14.2 Å². The third kappa shape index (κ3) is 3.35. The number of nitrogens with one attached hydrogen (secondary N) is 1. The zero-order valence-corrected chi connectivity index (χ0v) is 14.6. The number of carbonyl (C=O) groups is 1. The number of para-hydroxylation sites is 1. The van der Waals surface area contributed by atoms with Crippen molar-refractivity contribution in [2.45, 2.75) is 6.18 Å². The van der Waals surface area contributed by atoms with Crippen LogP contribution in [-0.2, 0) is 6.18 Å². The van der Waals surface area contributed by atoms with Crippen molar-refractivity contribution in [3.05, 3.63) is 64.1 Å². The summed E-state index contributed by atoms with van der Waals surface area (Å²) in [4.78, 5) is 30.2. The minimum absolute atomic E-state index is 0.222. The average Bonchev–Trinajstić information content (AvgIpc) is 3.07. The summed E-state index contributed by atoms with van der Waals surface area (Å²) in [6, 6.07) is 9.62. The van der Waals surface area contributed by atoms with Crippen LogP contribution < -0.4 is 10.7 Å². The Bertz CT molecular complexity index is 1060. The molecule has 4 rings (SSSR count). The molecule has 146 valence electrons. The number of amides is 1. The van der Waals surface area contributed by atoms with Crippen LogP contribution in [0.25, 0.3) is 11.1 Å². The fourth-order valence-corrected chi connectivity index (χ4v) is 3.34. The van der Waals surface area contributed by atoms with Crippen molar-refractivity contribution < 1.29 is 22.4 Å². The van der Waals surface area contributed by atoms with Gasteiger partial charge in [-0.1, -0.05) is 6.07 Å². The largest absolute Gasteiger partial charge is 0.417 e. The number of alkyl halides is 3. The molecule has 1 aliphatic rings. The zero-order chi connectivity index (χ0) is 19.9. The molecule has 1 fully saturated rings. The quantitative estimate of drug-likeness (QED) is 0.729. The highest BCUT2D eigenvalue weighted by Gasteiger charge is 2.31. The lowest BCUT2D eigenvalue weighted by Gasteiger charge is -2.36. The Morgan fingerprint density at radius 2 is 1.68 bits per heavy atom. The topological polar surface area (TPSA) is 69.6 Å². The Labute approximate surface area is 157 Å². The second-order valence-corrected chi connectivity index (χ2v) is 6.52. The normalized spacial score (nSPS) is 15.2. The number of carbonyl (C=O) groups excluding carboxylic acids is 1. The molecule has 28 heavy (non-hydrogen) atoms. The molecule has 1 amide bonds. The Hall–Kier alpha value is -3.23. The molecular weight excluding hydrogens is 375 g/mol. The number of halogens is 3. The molecule has 6 nitrogen and oxygen atoms in total. The number of nitrogens with zero attached hydrogens (tertiary/aromatic N) is 2. The first kappa shape index (κ1) is 18.1. The van der Waals surface area contributed by atoms with Crippen LogP contribution in [0.1, 0.15) is 15.9 Å². The van der Waals surface area contributed by atoms with E-state index in [1.165, 1.54) is 12.1 Å². The van der Waals surface area contributed by atoms with Gasteiger partial charge in [0.25, 0.3) is 5.91 Å². The predicted molar refractivity (Wildman–Crippen MR) is 96.4 cm³/mol. The molecule has 2 aromatic carbocycles. The SMILES string of the molecule is O=C(c1ccc(C(F)(F)F)cc1)N1CCN(c2cccc3[nH]c(=O)oc23)CC1. The van der Waals surface area contributed by atoms with Crippen molar-refractivity contribution in [1.29, 1.82) is 0 Å². The van der Waals surface area contributed by atoms with E-state index in [9.17, 15) is 22.8 Å². The van der Waals surface area contributed by atoms with E-state index in [1.807, 2.05) is 17.0 Å². The minimum Gasteiger partial charge on any atom is -0.406 e. The van der Waals surface area contributed by atoms with Gasteiger partial charge in [-0.25, -0.2) is 4.79 Å². The summed E-state index contributed by atoms with van der Waals surface area (Å²) in [5, 5.41) is 0. The number of aromatic nitrogens is 1. The summed E-state index contributed by atoms with van der Waals surface area (Å²) >= 11 is 0. The number of oxazole rings is 1. The minimum atomic E-state index is -4.43. The summed E-state index contributed by atoms with van der Waals surface area (Å²) in [6.07, 6.45) is -4.43. The molecule has 0 unspecified atom stereocenters. The van der Waals surface area contributed by atoms with Crippen LogP contribution >= 0.6 is 0 Å². The van der Waals surface area contributed by atoms with Gasteiger partial charge in [0.2, 0.25) is 0 Å². The van der Waals surface area contributed by atoms with Gasteiger partial charge in [0.1, 0.15) is 0 Å². The molecular formula is C19H16F3N3O3. The predicted octanol–water partition coefficient (Wildman–Crippen LogP) is 3.10. The molecule has 0 radical (unpaired) electrons. The molecule has 3 aromatic rings. The maximum atomic E-state index is 12.7. The summed E-state index contributed by atoms with van der Waals surface area (Å²) in [5.41, 5.74) is 1.27. The Kier molecular flexibility index (Phi) is 4.37. The molecule has 0 bridgehead atoms. The van der Waals surface area contributed by atoms with Gasteiger partial charge >= 0.3 is 11.9 Å². The molecule has 0 atom stereocenters. The molecule has 1 saturated heterocycles.